The number of hydrogen-bond acceptors (Lipinski definition) is 3. The van der Waals surface area contributed by atoms with Gasteiger partial charge in [0.15, 0.2) is 0 Å². The maximum atomic E-state index is 13.0. The Morgan fingerprint density at radius 2 is 1.33 bits per heavy atom. The van der Waals surface area contributed by atoms with Gasteiger partial charge in [0, 0.05) is 15.5 Å². The van der Waals surface area contributed by atoms with E-state index in [1.165, 1.54) is 0 Å². The van der Waals surface area contributed by atoms with E-state index in [1.807, 2.05) is 71.6 Å². The molecule has 3 nitrogen and oxygen atoms in total. The summed E-state index contributed by atoms with van der Waals surface area (Å²) in [5.41, 5.74) is 2.83. The average Bonchev–Trinajstić information content (AvgIpc) is 2.65. The zero-order chi connectivity index (χ0) is 16.4. The van der Waals surface area contributed by atoms with Crippen molar-refractivity contribution in [3.05, 3.63) is 78.9 Å². The van der Waals surface area contributed by atoms with Crippen molar-refractivity contribution >= 4 is 34.7 Å². The van der Waals surface area contributed by atoms with Crippen LogP contribution in [0.3, 0.4) is 0 Å². The van der Waals surface area contributed by atoms with Crippen LogP contribution in [0.2, 0.25) is 0 Å². The van der Waals surface area contributed by atoms with Crippen LogP contribution in [-0.4, -0.2) is 12.5 Å². The molecule has 1 aliphatic rings. The van der Waals surface area contributed by atoms with Gasteiger partial charge in [-0.15, -0.1) is 0 Å². The summed E-state index contributed by atoms with van der Waals surface area (Å²) in [5, 5.41) is 3.21. The van der Waals surface area contributed by atoms with Crippen LogP contribution in [0, 0.1) is 0 Å². The number of para-hydroxylation sites is 3. The summed E-state index contributed by atoms with van der Waals surface area (Å²) in [4.78, 5) is 17.0. The zero-order valence-corrected chi connectivity index (χ0v) is 13.8. The molecule has 0 bridgehead atoms. The molecule has 0 atom stereocenters. The molecule has 0 saturated carbocycles. The first kappa shape index (κ1) is 14.8. The molecule has 3 aromatic carbocycles. The summed E-state index contributed by atoms with van der Waals surface area (Å²) in [6, 6.07) is 25.8. The predicted octanol–water partition coefficient (Wildman–Crippen LogP) is 4.93. The molecule has 4 rings (SSSR count). The van der Waals surface area contributed by atoms with Gasteiger partial charge in [0.25, 0.3) is 5.91 Å². The number of nitrogens with one attached hydrogen (secondary N) is 1. The fraction of sp³-hybridized carbons (Fsp3) is 0.0500. The molecule has 0 unspecified atom stereocenters. The molecule has 1 amide bonds. The number of nitrogens with zero attached hydrogens (tertiary/aromatic N) is 1. The van der Waals surface area contributed by atoms with Gasteiger partial charge in [-0.05, 0) is 36.4 Å². The number of amides is 1. The lowest BCUT2D eigenvalue weighted by Crippen LogP contribution is -2.33. The molecule has 4 heteroatoms. The lowest BCUT2D eigenvalue weighted by Gasteiger charge is -2.31. The quantitative estimate of drug-likeness (QED) is 0.738. The van der Waals surface area contributed by atoms with Crippen LogP contribution in [0.25, 0.3) is 0 Å². The highest BCUT2D eigenvalue weighted by Crippen LogP contribution is 2.47. The Kier molecular flexibility index (Phi) is 3.97. The number of carbonyl (C=O) groups is 1. The second kappa shape index (κ2) is 6.42. The standard InChI is InChI=1S/C20H16N2OS/c23-20(14-21-15-8-2-1-3-9-15)22-16-10-4-6-12-18(16)24-19-13-7-5-11-17(19)22/h1-13,21H,14H2. The number of rotatable bonds is 3. The smallest absolute Gasteiger partial charge is 0.250 e. The summed E-state index contributed by atoms with van der Waals surface area (Å²) >= 11 is 1.70. The Labute approximate surface area is 145 Å². The van der Waals surface area contributed by atoms with E-state index in [-0.39, 0.29) is 12.5 Å². The van der Waals surface area contributed by atoms with E-state index in [2.05, 4.69) is 17.4 Å². The Bertz CT molecular complexity index is 834. The molecule has 1 heterocycles. The third-order valence-corrected chi connectivity index (χ3v) is 5.03. The molecule has 1 N–H and O–H groups in total. The van der Waals surface area contributed by atoms with E-state index < -0.39 is 0 Å². The first-order valence-corrected chi connectivity index (χ1v) is 8.62. The summed E-state index contributed by atoms with van der Waals surface area (Å²) < 4.78 is 0. The second-order valence-corrected chi connectivity index (χ2v) is 6.57. The second-order valence-electron chi connectivity index (χ2n) is 5.49. The van der Waals surface area contributed by atoms with E-state index >= 15 is 0 Å². The molecule has 0 radical (unpaired) electrons. The molecule has 24 heavy (non-hydrogen) atoms. The highest BCUT2D eigenvalue weighted by atomic mass is 32.2. The largest absolute Gasteiger partial charge is 0.376 e. The van der Waals surface area contributed by atoms with E-state index in [0.29, 0.717) is 0 Å². The van der Waals surface area contributed by atoms with Gasteiger partial charge < -0.3 is 5.32 Å². The summed E-state index contributed by atoms with van der Waals surface area (Å²) in [6.07, 6.45) is 0. The van der Waals surface area contributed by atoms with Gasteiger partial charge in [-0.1, -0.05) is 54.2 Å². The van der Waals surface area contributed by atoms with Crippen LogP contribution in [0.5, 0.6) is 0 Å². The highest BCUT2D eigenvalue weighted by Gasteiger charge is 2.27. The van der Waals surface area contributed by atoms with Crippen molar-refractivity contribution in [3.8, 4) is 0 Å². The molecule has 118 valence electrons. The maximum Gasteiger partial charge on any atom is 0.250 e. The third kappa shape index (κ3) is 2.76. The van der Waals surface area contributed by atoms with E-state index in [4.69, 9.17) is 0 Å². The summed E-state index contributed by atoms with van der Waals surface area (Å²) in [6.45, 7) is 0.247. The lowest BCUT2D eigenvalue weighted by molar-refractivity contribution is -0.116. The van der Waals surface area contributed by atoms with Crippen LogP contribution in [-0.2, 0) is 4.79 Å². The minimum absolute atomic E-state index is 0.0269. The van der Waals surface area contributed by atoms with Crippen LogP contribution in [0.1, 0.15) is 0 Å². The lowest BCUT2D eigenvalue weighted by atomic mass is 10.2. The Balaban J connectivity index is 1.65. The van der Waals surface area contributed by atoms with Gasteiger partial charge >= 0.3 is 0 Å². The average molecular weight is 332 g/mol. The minimum Gasteiger partial charge on any atom is -0.376 e. The highest BCUT2D eigenvalue weighted by molar-refractivity contribution is 7.99. The molecule has 3 aromatic rings. The topological polar surface area (TPSA) is 32.3 Å². The number of fused-ring (bicyclic) bond motifs is 2. The maximum absolute atomic E-state index is 13.0. The number of hydrogen-bond donors (Lipinski definition) is 1. The van der Waals surface area contributed by atoms with Crippen LogP contribution in [0.15, 0.2) is 88.7 Å². The van der Waals surface area contributed by atoms with Crippen molar-refractivity contribution in [1.29, 1.82) is 0 Å². The normalized spacial score (nSPS) is 12.2. The monoisotopic (exact) mass is 332 g/mol. The Morgan fingerprint density at radius 3 is 1.96 bits per heavy atom. The molecular weight excluding hydrogens is 316 g/mol. The Morgan fingerprint density at radius 1 is 0.792 bits per heavy atom. The molecule has 0 fully saturated rings. The number of carbonyl (C=O) groups excluding carboxylic acids is 1. The van der Waals surface area contributed by atoms with Gasteiger partial charge in [0.2, 0.25) is 0 Å². The van der Waals surface area contributed by atoms with Crippen LogP contribution in [0.4, 0.5) is 17.1 Å². The van der Waals surface area contributed by atoms with Gasteiger partial charge in [0.05, 0.1) is 17.9 Å². The van der Waals surface area contributed by atoms with Crippen molar-refractivity contribution in [2.75, 3.05) is 16.8 Å². The molecule has 0 aromatic heterocycles. The molecule has 0 saturated heterocycles. The van der Waals surface area contributed by atoms with Gasteiger partial charge in [0.1, 0.15) is 0 Å². The fourth-order valence-corrected chi connectivity index (χ4v) is 3.84. The first-order valence-electron chi connectivity index (χ1n) is 7.81. The van der Waals surface area contributed by atoms with E-state index in [1.54, 1.807) is 11.8 Å². The molecule has 0 spiro atoms. The molecule has 1 aliphatic heterocycles. The van der Waals surface area contributed by atoms with Crippen molar-refractivity contribution in [1.82, 2.24) is 0 Å². The van der Waals surface area contributed by atoms with Crippen LogP contribution < -0.4 is 10.2 Å². The number of benzene rings is 3. The summed E-state index contributed by atoms with van der Waals surface area (Å²) in [7, 11) is 0. The Hall–Kier alpha value is -2.72. The van der Waals surface area contributed by atoms with Crippen molar-refractivity contribution < 1.29 is 4.79 Å². The van der Waals surface area contributed by atoms with Crippen molar-refractivity contribution in [3.63, 3.8) is 0 Å². The summed E-state index contributed by atoms with van der Waals surface area (Å²) in [5.74, 6) is 0.0269. The fourth-order valence-electron chi connectivity index (χ4n) is 2.79. The SMILES string of the molecule is O=C(CNc1ccccc1)N1c2ccccc2Sc2ccccc21. The first-order chi connectivity index (χ1) is 11.8. The predicted molar refractivity (Wildman–Crippen MR) is 99.1 cm³/mol. The zero-order valence-electron chi connectivity index (χ0n) is 13.0. The van der Waals surface area contributed by atoms with E-state index in [9.17, 15) is 4.79 Å². The van der Waals surface area contributed by atoms with Crippen molar-refractivity contribution in [2.24, 2.45) is 0 Å². The van der Waals surface area contributed by atoms with E-state index in [0.717, 1.165) is 26.9 Å². The van der Waals surface area contributed by atoms with Crippen LogP contribution >= 0.6 is 11.8 Å². The van der Waals surface area contributed by atoms with Gasteiger partial charge in [-0.2, -0.15) is 0 Å². The minimum atomic E-state index is 0.0269. The third-order valence-electron chi connectivity index (χ3n) is 3.90. The van der Waals surface area contributed by atoms with Gasteiger partial charge in [-0.25, -0.2) is 0 Å². The molecular formula is C20H16N2OS. The number of anilines is 3. The molecule has 0 aliphatic carbocycles. The van der Waals surface area contributed by atoms with Crippen molar-refractivity contribution in [2.45, 2.75) is 9.79 Å². The van der Waals surface area contributed by atoms with Gasteiger partial charge in [-0.3, -0.25) is 9.69 Å².